The number of fused-ring (bicyclic) bond motifs is 2. The van der Waals surface area contributed by atoms with Crippen molar-refractivity contribution in [2.75, 3.05) is 45.3 Å². The maximum Gasteiger partial charge on any atom is 0.255 e. The summed E-state index contributed by atoms with van der Waals surface area (Å²) in [7, 11) is 1.52. The average molecular weight is 480 g/mol. The molecule has 2 amide bonds. The second-order valence-corrected chi connectivity index (χ2v) is 9.45. The second kappa shape index (κ2) is 10.6. The smallest absolute Gasteiger partial charge is 0.255 e. The van der Waals surface area contributed by atoms with Crippen molar-refractivity contribution in [1.82, 2.24) is 10.2 Å². The van der Waals surface area contributed by atoms with E-state index in [4.69, 9.17) is 14.2 Å². The van der Waals surface area contributed by atoms with Gasteiger partial charge in [0.1, 0.15) is 13.2 Å². The van der Waals surface area contributed by atoms with Gasteiger partial charge in [-0.05, 0) is 75.0 Å². The summed E-state index contributed by atoms with van der Waals surface area (Å²) in [6, 6.07) is 10.9. The molecule has 0 saturated carbocycles. The number of amides is 2. The number of rotatable bonds is 6. The summed E-state index contributed by atoms with van der Waals surface area (Å²) in [5.41, 5.74) is 1.46. The molecule has 2 atom stereocenters. The van der Waals surface area contributed by atoms with Crippen LogP contribution >= 0.6 is 0 Å². The van der Waals surface area contributed by atoms with Gasteiger partial charge in [-0.15, -0.1) is 0 Å². The van der Waals surface area contributed by atoms with E-state index in [1.807, 2.05) is 0 Å². The van der Waals surface area contributed by atoms with Crippen molar-refractivity contribution in [2.24, 2.45) is 5.92 Å². The zero-order valence-corrected chi connectivity index (χ0v) is 20.2. The van der Waals surface area contributed by atoms with Gasteiger partial charge in [-0.25, -0.2) is 0 Å². The van der Waals surface area contributed by atoms with Crippen molar-refractivity contribution in [3.8, 4) is 17.2 Å². The summed E-state index contributed by atoms with van der Waals surface area (Å²) in [5, 5.41) is 6.01. The highest BCUT2D eigenvalue weighted by molar-refractivity contribution is 6.06. The quantitative estimate of drug-likeness (QED) is 0.657. The molecule has 5 rings (SSSR count). The van der Waals surface area contributed by atoms with Crippen LogP contribution in [0.3, 0.4) is 0 Å². The molecule has 0 radical (unpaired) electrons. The van der Waals surface area contributed by atoms with Crippen LogP contribution in [0.1, 0.15) is 52.8 Å². The molecule has 3 heterocycles. The van der Waals surface area contributed by atoms with Crippen molar-refractivity contribution in [2.45, 2.75) is 38.1 Å². The highest BCUT2D eigenvalue weighted by Gasteiger charge is 2.33. The molecule has 3 aliphatic heterocycles. The summed E-state index contributed by atoms with van der Waals surface area (Å²) in [6.45, 7) is 3.91. The third-order valence-electron chi connectivity index (χ3n) is 7.23. The number of ether oxygens (including phenoxy) is 3. The summed E-state index contributed by atoms with van der Waals surface area (Å²) < 4.78 is 16.6. The summed E-state index contributed by atoms with van der Waals surface area (Å²) in [6.07, 6.45) is 6.15. The van der Waals surface area contributed by atoms with E-state index in [1.165, 1.54) is 45.9 Å². The predicted octanol–water partition coefficient (Wildman–Crippen LogP) is 3.71. The van der Waals surface area contributed by atoms with Crippen LogP contribution in [0.4, 0.5) is 5.69 Å². The monoisotopic (exact) mass is 479 g/mol. The highest BCUT2D eigenvalue weighted by atomic mass is 16.6. The van der Waals surface area contributed by atoms with Crippen LogP contribution in [0.25, 0.3) is 0 Å². The second-order valence-electron chi connectivity index (χ2n) is 9.45. The Morgan fingerprint density at radius 3 is 2.74 bits per heavy atom. The summed E-state index contributed by atoms with van der Waals surface area (Å²) in [4.78, 5) is 28.5. The van der Waals surface area contributed by atoms with Gasteiger partial charge in [-0.1, -0.05) is 12.5 Å². The molecule has 0 unspecified atom stereocenters. The molecule has 0 spiro atoms. The van der Waals surface area contributed by atoms with E-state index < -0.39 is 0 Å². The van der Waals surface area contributed by atoms with Crippen LogP contribution in [0.15, 0.2) is 36.4 Å². The fourth-order valence-electron chi connectivity index (χ4n) is 5.49. The molecule has 35 heavy (non-hydrogen) atoms. The Hall–Kier alpha value is -3.26. The van der Waals surface area contributed by atoms with E-state index in [-0.39, 0.29) is 11.8 Å². The van der Waals surface area contributed by atoms with Crippen LogP contribution < -0.4 is 24.8 Å². The largest absolute Gasteiger partial charge is 0.493 e. The number of nitrogens with one attached hydrogen (secondary N) is 2. The normalized spacial score (nSPS) is 21.5. The van der Waals surface area contributed by atoms with Crippen molar-refractivity contribution in [3.63, 3.8) is 0 Å². The van der Waals surface area contributed by atoms with Crippen molar-refractivity contribution >= 4 is 17.5 Å². The first-order chi connectivity index (χ1) is 17.1. The molecule has 186 valence electrons. The number of methoxy groups -OCH3 is 1. The van der Waals surface area contributed by atoms with Crippen LogP contribution in [-0.4, -0.2) is 62.7 Å². The minimum atomic E-state index is -0.322. The van der Waals surface area contributed by atoms with Crippen molar-refractivity contribution in [3.05, 3.63) is 47.5 Å². The number of nitrogens with zero attached hydrogens (tertiary/aromatic N) is 1. The van der Waals surface area contributed by atoms with Crippen LogP contribution in [0.5, 0.6) is 17.2 Å². The van der Waals surface area contributed by atoms with E-state index in [2.05, 4.69) is 15.5 Å². The number of anilines is 1. The van der Waals surface area contributed by atoms with Crippen molar-refractivity contribution < 1.29 is 23.8 Å². The fraction of sp³-hybridized carbons (Fsp3) is 0.481. The molecule has 8 heteroatoms. The Labute approximate surface area is 205 Å². The molecule has 2 saturated heterocycles. The number of hydrogen-bond donors (Lipinski definition) is 2. The van der Waals surface area contributed by atoms with E-state index in [0.29, 0.717) is 65.8 Å². The van der Waals surface area contributed by atoms with Gasteiger partial charge in [0.15, 0.2) is 11.5 Å². The van der Waals surface area contributed by atoms with Gasteiger partial charge in [0.05, 0.1) is 7.11 Å². The molecular weight excluding hydrogens is 446 g/mol. The van der Waals surface area contributed by atoms with Gasteiger partial charge < -0.3 is 29.7 Å². The Bertz CT molecular complexity index is 1070. The number of piperidine rings is 2. The highest BCUT2D eigenvalue weighted by Crippen LogP contribution is 2.40. The zero-order valence-electron chi connectivity index (χ0n) is 20.2. The number of benzene rings is 2. The lowest BCUT2D eigenvalue weighted by atomic mass is 9.83. The van der Waals surface area contributed by atoms with Gasteiger partial charge in [0, 0.05) is 29.4 Å². The first-order valence-corrected chi connectivity index (χ1v) is 12.5. The third-order valence-corrected chi connectivity index (χ3v) is 7.23. The number of hydrogen-bond acceptors (Lipinski definition) is 6. The number of carbonyl (C=O) groups is 2. The Kier molecular flexibility index (Phi) is 7.08. The fourth-order valence-corrected chi connectivity index (χ4v) is 5.49. The molecule has 2 aromatic rings. The molecule has 3 aliphatic rings. The van der Waals surface area contributed by atoms with Crippen LogP contribution in [-0.2, 0) is 0 Å². The lowest BCUT2D eigenvalue weighted by Crippen LogP contribution is -2.51. The third kappa shape index (κ3) is 5.22. The molecule has 0 aromatic heterocycles. The minimum Gasteiger partial charge on any atom is -0.493 e. The number of carbonyl (C=O) groups excluding carboxylic acids is 2. The van der Waals surface area contributed by atoms with E-state index in [9.17, 15) is 9.59 Å². The molecule has 8 nitrogen and oxygen atoms in total. The molecule has 2 aromatic carbocycles. The van der Waals surface area contributed by atoms with Gasteiger partial charge in [0.25, 0.3) is 11.8 Å². The molecule has 2 fully saturated rings. The molecule has 0 bridgehead atoms. The van der Waals surface area contributed by atoms with Gasteiger partial charge in [-0.3, -0.25) is 9.59 Å². The van der Waals surface area contributed by atoms with Gasteiger partial charge in [-0.2, -0.15) is 0 Å². The molecular formula is C27H33N3O5. The zero-order chi connectivity index (χ0) is 24.2. The standard InChI is InChI=1S/C27H33N3O5/c1-33-23-15-20(16-24-25(23)35-13-12-34-24)27(32)29-21-8-4-6-18(14-21)26(31)28-17-19-7-5-11-30-10-3-2-9-22(19)30/h4,6,8,14-16,19,22H,2-3,5,7,9-13,17H2,1H3,(H,28,31)(H,29,32)/t19-,22+/m0/s1. The van der Waals surface area contributed by atoms with E-state index in [1.54, 1.807) is 36.4 Å². The average Bonchev–Trinajstić information content (AvgIpc) is 2.91. The van der Waals surface area contributed by atoms with Crippen LogP contribution in [0.2, 0.25) is 0 Å². The molecule has 2 N–H and O–H groups in total. The van der Waals surface area contributed by atoms with E-state index >= 15 is 0 Å². The van der Waals surface area contributed by atoms with Crippen LogP contribution in [0, 0.1) is 5.92 Å². The lowest BCUT2D eigenvalue weighted by Gasteiger charge is -2.44. The Morgan fingerprint density at radius 1 is 1.00 bits per heavy atom. The maximum absolute atomic E-state index is 12.9. The van der Waals surface area contributed by atoms with Crippen molar-refractivity contribution in [1.29, 1.82) is 0 Å². The molecule has 0 aliphatic carbocycles. The summed E-state index contributed by atoms with van der Waals surface area (Å²) in [5.74, 6) is 1.49. The topological polar surface area (TPSA) is 89.1 Å². The first-order valence-electron chi connectivity index (χ1n) is 12.5. The minimum absolute atomic E-state index is 0.116. The maximum atomic E-state index is 12.9. The summed E-state index contributed by atoms with van der Waals surface area (Å²) >= 11 is 0. The van der Waals surface area contributed by atoms with Gasteiger partial charge in [0.2, 0.25) is 5.75 Å². The Morgan fingerprint density at radius 2 is 1.86 bits per heavy atom. The Balaban J connectivity index is 1.23. The van der Waals surface area contributed by atoms with Gasteiger partial charge >= 0.3 is 0 Å². The van der Waals surface area contributed by atoms with E-state index in [0.717, 1.165) is 6.42 Å². The predicted molar refractivity (Wildman–Crippen MR) is 133 cm³/mol. The lowest BCUT2D eigenvalue weighted by molar-refractivity contribution is 0.0575. The SMILES string of the molecule is COc1cc(C(=O)Nc2cccc(C(=O)NC[C@@H]3CCCN4CCCC[C@H]34)c2)cc2c1OCCO2. The first kappa shape index (κ1) is 23.5.